The van der Waals surface area contributed by atoms with E-state index in [9.17, 15) is 13.8 Å². The van der Waals surface area contributed by atoms with E-state index in [1.807, 2.05) is 42.8 Å². The summed E-state index contributed by atoms with van der Waals surface area (Å²) in [6, 6.07) is 14.0. The number of rotatable bonds is 5. The number of nitrogens with one attached hydrogen (secondary N) is 1. The molecule has 3 aliphatic heterocycles. The van der Waals surface area contributed by atoms with Gasteiger partial charge in [-0.15, -0.1) is 4.36 Å². The molecule has 2 aromatic carbocycles. The Labute approximate surface area is 337 Å². The summed E-state index contributed by atoms with van der Waals surface area (Å²) in [5.74, 6) is 0.695. The van der Waals surface area contributed by atoms with Gasteiger partial charge in [0.25, 0.3) is 11.8 Å². The lowest BCUT2D eigenvalue weighted by atomic mass is 9.69. The first kappa shape index (κ1) is 39.2. The van der Waals surface area contributed by atoms with Gasteiger partial charge in [-0.2, -0.15) is 0 Å². The third-order valence-electron chi connectivity index (χ3n) is 13.0. The van der Waals surface area contributed by atoms with Gasteiger partial charge in [0.05, 0.1) is 23.6 Å². The normalized spacial score (nSPS) is 29.0. The molecule has 2 bridgehead atoms. The largest absolute Gasteiger partial charge is 0.490 e. The Morgan fingerprint density at radius 2 is 1.88 bits per heavy atom. The first-order chi connectivity index (χ1) is 27.0. The molecule has 12 heteroatoms. The van der Waals surface area contributed by atoms with Crippen LogP contribution in [-0.4, -0.2) is 77.2 Å². The molecule has 1 N–H and O–H groups in total. The van der Waals surface area contributed by atoms with Gasteiger partial charge in [-0.3, -0.25) is 19.2 Å². The van der Waals surface area contributed by atoms with Gasteiger partial charge in [0.2, 0.25) is 0 Å². The van der Waals surface area contributed by atoms with E-state index in [1.165, 1.54) is 24.0 Å². The molecule has 5 aliphatic rings. The van der Waals surface area contributed by atoms with Crippen LogP contribution in [0.25, 0.3) is 0 Å². The Bertz CT molecular complexity index is 2120. The molecule has 1 saturated carbocycles. The highest BCUT2D eigenvalue weighted by Gasteiger charge is 2.43. The number of carbonyl (C=O) groups is 2. The van der Waals surface area contributed by atoms with E-state index in [-0.39, 0.29) is 17.1 Å². The van der Waals surface area contributed by atoms with Crippen LogP contribution in [0.5, 0.6) is 5.75 Å². The lowest BCUT2D eigenvalue weighted by molar-refractivity contribution is 0.0401. The monoisotopic (exact) mass is 801 g/mol. The SMILES string of the molecule is C[C@H]1C/C=C/C[C@@H]2CC[C@H]2CN2C[C@@]3(CCCc4cc(Cl)ccc43)COc3ccc(cc32)C(=O)N=S(=O)(NC(=O)c2cc(CN(C)C3CCOCC3)n(C)c2)C1. The summed E-state index contributed by atoms with van der Waals surface area (Å²) in [4.78, 5) is 32.8. The van der Waals surface area contributed by atoms with Crippen LogP contribution in [0.2, 0.25) is 5.02 Å². The topological polar surface area (TPSA) is 105 Å². The summed E-state index contributed by atoms with van der Waals surface area (Å²) >= 11 is 6.48. The molecule has 2 amide bonds. The van der Waals surface area contributed by atoms with Crippen LogP contribution in [0.1, 0.15) is 95.8 Å². The molecule has 1 unspecified atom stereocenters. The van der Waals surface area contributed by atoms with Gasteiger partial charge in [-0.1, -0.05) is 36.7 Å². The highest BCUT2D eigenvalue weighted by atomic mass is 35.5. The van der Waals surface area contributed by atoms with Crippen molar-refractivity contribution in [1.82, 2.24) is 14.2 Å². The van der Waals surface area contributed by atoms with E-state index in [2.05, 4.69) is 50.2 Å². The molecule has 2 fully saturated rings. The lowest BCUT2D eigenvalue weighted by Gasteiger charge is -2.44. The predicted molar refractivity (Wildman–Crippen MR) is 222 cm³/mol. The smallest absolute Gasteiger partial charge is 0.286 e. The number of anilines is 1. The maximum absolute atomic E-state index is 14.8. The van der Waals surface area contributed by atoms with Crippen LogP contribution >= 0.6 is 11.6 Å². The van der Waals surface area contributed by atoms with Crippen molar-refractivity contribution in [3.05, 3.63) is 93.8 Å². The van der Waals surface area contributed by atoms with Gasteiger partial charge < -0.3 is 18.9 Å². The molecule has 1 spiro atoms. The highest BCUT2D eigenvalue weighted by Crippen LogP contribution is 2.47. The summed E-state index contributed by atoms with van der Waals surface area (Å²) in [5, 5.41) is 0.755. The summed E-state index contributed by atoms with van der Waals surface area (Å²) in [5.41, 5.74) is 4.91. The van der Waals surface area contributed by atoms with Crippen LogP contribution in [0, 0.1) is 17.8 Å². The van der Waals surface area contributed by atoms with Crippen molar-refractivity contribution < 1.29 is 23.3 Å². The van der Waals surface area contributed by atoms with Gasteiger partial charge in [0, 0.05) is 73.8 Å². The minimum absolute atomic E-state index is 0.0547. The fourth-order valence-electron chi connectivity index (χ4n) is 9.67. The zero-order valence-electron chi connectivity index (χ0n) is 33.0. The quantitative estimate of drug-likeness (QED) is 0.264. The molecule has 0 radical (unpaired) electrons. The number of benzene rings is 2. The van der Waals surface area contributed by atoms with Crippen molar-refractivity contribution in [3.63, 3.8) is 0 Å². The number of fused-ring (bicyclic) bond motifs is 4. The summed E-state index contributed by atoms with van der Waals surface area (Å²) in [6.45, 7) is 6.33. The molecule has 1 aromatic heterocycles. The second-order valence-corrected chi connectivity index (χ2v) is 19.6. The maximum atomic E-state index is 14.8. The predicted octanol–water partition coefficient (Wildman–Crippen LogP) is 7.73. The maximum Gasteiger partial charge on any atom is 0.286 e. The van der Waals surface area contributed by atoms with Crippen LogP contribution in [-0.2, 0) is 40.1 Å². The molecule has 4 heterocycles. The number of allylic oxidation sites excluding steroid dienone is 2. The van der Waals surface area contributed by atoms with E-state index >= 15 is 0 Å². The van der Waals surface area contributed by atoms with Crippen LogP contribution < -0.4 is 14.4 Å². The van der Waals surface area contributed by atoms with Crippen molar-refractivity contribution in [2.45, 2.75) is 82.7 Å². The average molecular weight is 802 g/mol. The number of aryl methyl sites for hydroxylation is 2. The van der Waals surface area contributed by atoms with Crippen LogP contribution in [0.15, 0.2) is 65.2 Å². The van der Waals surface area contributed by atoms with Gasteiger partial charge in [-0.05, 0) is 130 Å². The molecule has 8 rings (SSSR count). The number of hydrogen-bond donors (Lipinski definition) is 1. The zero-order chi connectivity index (χ0) is 39.0. The number of nitrogens with zero attached hydrogens (tertiary/aromatic N) is 4. The van der Waals surface area contributed by atoms with E-state index in [4.69, 9.17) is 21.1 Å². The van der Waals surface area contributed by atoms with Gasteiger partial charge >= 0.3 is 0 Å². The molecule has 56 heavy (non-hydrogen) atoms. The van der Waals surface area contributed by atoms with Crippen LogP contribution in [0.4, 0.5) is 5.69 Å². The molecule has 3 aromatic rings. The Kier molecular flexibility index (Phi) is 11.4. The van der Waals surface area contributed by atoms with E-state index in [1.54, 1.807) is 12.3 Å². The summed E-state index contributed by atoms with van der Waals surface area (Å²) in [7, 11) is 0.502. The van der Waals surface area contributed by atoms with E-state index in [0.717, 1.165) is 87.0 Å². The van der Waals surface area contributed by atoms with E-state index < -0.39 is 21.7 Å². The number of ether oxygens (including phenoxy) is 2. The van der Waals surface area contributed by atoms with Crippen molar-refractivity contribution in [2.24, 2.45) is 29.2 Å². The molecule has 1 saturated heterocycles. The van der Waals surface area contributed by atoms with Crippen molar-refractivity contribution in [3.8, 4) is 5.75 Å². The number of aromatic nitrogens is 1. The van der Waals surface area contributed by atoms with Gasteiger partial charge in [-0.25, -0.2) is 4.21 Å². The van der Waals surface area contributed by atoms with Crippen molar-refractivity contribution in [2.75, 3.05) is 50.6 Å². The molecular weight excluding hydrogens is 746 g/mol. The Morgan fingerprint density at radius 1 is 1.07 bits per heavy atom. The van der Waals surface area contributed by atoms with Crippen molar-refractivity contribution in [1.29, 1.82) is 0 Å². The first-order valence-electron chi connectivity index (χ1n) is 20.5. The molecule has 300 valence electrons. The highest BCUT2D eigenvalue weighted by molar-refractivity contribution is 7.92. The third-order valence-corrected chi connectivity index (χ3v) is 15.3. The first-order valence-corrected chi connectivity index (χ1v) is 22.5. The summed E-state index contributed by atoms with van der Waals surface area (Å²) < 4.78 is 36.1. The summed E-state index contributed by atoms with van der Waals surface area (Å²) in [6.07, 6.45) is 15.2. The molecule has 2 aliphatic carbocycles. The standard InChI is InChI=1S/C44H56ClN5O5S/c1-30-7-4-5-8-31-10-11-34(31)25-50-28-44(18-6-9-32-21-36(45)13-14-39(32)44)29-55-41-15-12-33(23-40(41)50)42(51)46-56(53,27-30)47-43(52)35-22-38(48(2)24-35)26-49(3)37-16-19-54-20-17-37/h4-5,12-15,21-24,30-31,34,37H,6-11,16-20,25-29H2,1-3H3,(H,46,47,51,52,53)/b5-4+/t30-,31+,34-,44-,56?/m0/s1. The average Bonchev–Trinajstić information content (AvgIpc) is 3.46. The number of carbonyl (C=O) groups excluding carboxylic acids is 2. The Hall–Kier alpha value is -3.64. The molecule has 5 atom stereocenters. The Morgan fingerprint density at radius 3 is 2.68 bits per heavy atom. The van der Waals surface area contributed by atoms with Crippen molar-refractivity contribution >= 4 is 39.0 Å². The fourth-order valence-corrected chi connectivity index (χ4v) is 11.8. The number of hydrogen-bond acceptors (Lipinski definition) is 7. The zero-order valence-corrected chi connectivity index (χ0v) is 34.6. The minimum Gasteiger partial charge on any atom is -0.490 e. The molecular formula is C44H56ClN5O5S. The van der Waals surface area contributed by atoms with Gasteiger partial charge in [0.15, 0.2) is 0 Å². The lowest BCUT2D eigenvalue weighted by Crippen LogP contribution is -2.48. The number of amides is 2. The Balaban J connectivity index is 1.10. The second kappa shape index (κ2) is 16.3. The third kappa shape index (κ3) is 8.33. The van der Waals surface area contributed by atoms with Gasteiger partial charge in [0.1, 0.15) is 15.7 Å². The minimum atomic E-state index is -3.51. The number of halogens is 1. The second-order valence-electron chi connectivity index (χ2n) is 17.2. The van der Waals surface area contributed by atoms with Crippen LogP contribution in [0.3, 0.4) is 0 Å². The van der Waals surface area contributed by atoms with E-state index in [0.29, 0.717) is 48.6 Å². The fraction of sp³-hybridized carbons (Fsp3) is 0.545. The molecule has 10 nitrogen and oxygen atoms in total.